The van der Waals surface area contributed by atoms with Gasteiger partial charge in [-0.05, 0) is 38.5 Å². The molecule has 0 aromatic rings. The highest BCUT2D eigenvalue weighted by Crippen LogP contribution is 2.61. The molecular weight excluding hydrogens is 662 g/mol. The van der Waals surface area contributed by atoms with Crippen LogP contribution in [0.1, 0.15) is 246 Å². The van der Waals surface area contributed by atoms with Crippen LogP contribution in [0.2, 0.25) is 0 Å². The standard InChI is InChI=1S/C42H88P.HI/c1-5-9-11-13-15-17-19-21-23-25-27-29-31-33-35-37-41-43(39-7-3,40-8-4)42-38-36-34-32-30-28-26-24-22-20-18-16-14-12-10-6-2;/h5-42H2,1-4H3;1H/q+1;/p-1. The molecule has 0 saturated heterocycles. The molecule has 0 saturated carbocycles. The van der Waals surface area contributed by atoms with Crippen molar-refractivity contribution in [1.29, 1.82) is 0 Å². The quantitative estimate of drug-likeness (QED) is 0.0335. The third-order valence-corrected chi connectivity index (χ3v) is 15.7. The molecule has 0 fully saturated rings. The molecule has 0 aliphatic heterocycles. The summed E-state index contributed by atoms with van der Waals surface area (Å²) in [6.45, 7) is 9.56. The summed E-state index contributed by atoms with van der Waals surface area (Å²) < 4.78 is 0. The van der Waals surface area contributed by atoms with Gasteiger partial charge in [-0.25, -0.2) is 0 Å². The average molecular weight is 751 g/mol. The van der Waals surface area contributed by atoms with E-state index >= 15 is 0 Å². The lowest BCUT2D eigenvalue weighted by molar-refractivity contribution is -0.00000975. The van der Waals surface area contributed by atoms with Gasteiger partial charge in [0.15, 0.2) is 0 Å². The second kappa shape index (κ2) is 40.3. The molecule has 0 unspecified atom stereocenters. The Bertz CT molecular complexity index is 448. The van der Waals surface area contributed by atoms with Crippen molar-refractivity contribution in [2.24, 2.45) is 0 Å². The molecule has 0 aromatic carbocycles. The van der Waals surface area contributed by atoms with Crippen molar-refractivity contribution in [1.82, 2.24) is 0 Å². The third kappa shape index (κ3) is 34.5. The zero-order valence-electron chi connectivity index (χ0n) is 31.7. The maximum atomic E-state index is 2.46. The normalized spacial score (nSPS) is 11.7. The van der Waals surface area contributed by atoms with E-state index in [2.05, 4.69) is 27.7 Å². The van der Waals surface area contributed by atoms with Crippen LogP contribution >= 0.6 is 7.26 Å². The van der Waals surface area contributed by atoms with Crippen molar-refractivity contribution in [3.63, 3.8) is 0 Å². The van der Waals surface area contributed by atoms with Gasteiger partial charge in [-0.2, -0.15) is 0 Å². The Hall–Kier alpha value is 1.16. The van der Waals surface area contributed by atoms with Crippen molar-refractivity contribution in [2.75, 3.05) is 24.6 Å². The lowest BCUT2D eigenvalue weighted by Gasteiger charge is -2.27. The van der Waals surface area contributed by atoms with Crippen molar-refractivity contribution >= 4 is 7.26 Å². The van der Waals surface area contributed by atoms with Gasteiger partial charge in [-0.3, -0.25) is 0 Å². The van der Waals surface area contributed by atoms with Crippen LogP contribution < -0.4 is 24.0 Å². The van der Waals surface area contributed by atoms with Gasteiger partial charge in [0, 0.05) is 7.26 Å². The Balaban J connectivity index is 0. The highest BCUT2D eigenvalue weighted by atomic mass is 127. The van der Waals surface area contributed by atoms with Gasteiger partial charge in [0.1, 0.15) is 0 Å². The van der Waals surface area contributed by atoms with Gasteiger partial charge in [0.05, 0.1) is 24.6 Å². The van der Waals surface area contributed by atoms with E-state index in [-0.39, 0.29) is 24.0 Å². The molecule has 44 heavy (non-hydrogen) atoms. The van der Waals surface area contributed by atoms with E-state index in [4.69, 9.17) is 0 Å². The van der Waals surface area contributed by atoms with Crippen LogP contribution in [-0.4, -0.2) is 24.6 Å². The molecule has 2 heteroatoms. The molecule has 0 heterocycles. The molecule has 0 nitrogen and oxygen atoms in total. The Kier molecular flexibility index (Phi) is 43.3. The van der Waals surface area contributed by atoms with Gasteiger partial charge in [-0.15, -0.1) is 0 Å². The van der Waals surface area contributed by atoms with Crippen molar-refractivity contribution in [3.8, 4) is 0 Å². The maximum absolute atomic E-state index is 2.46. The molecule has 0 bridgehead atoms. The lowest BCUT2D eigenvalue weighted by Crippen LogP contribution is -3.00. The fourth-order valence-electron chi connectivity index (χ4n) is 7.61. The zero-order chi connectivity index (χ0) is 31.4. The monoisotopic (exact) mass is 751 g/mol. The highest BCUT2D eigenvalue weighted by Gasteiger charge is 2.33. The first-order valence-corrected chi connectivity index (χ1v) is 23.6. The first-order valence-electron chi connectivity index (χ1n) is 21.1. The average Bonchev–Trinajstić information content (AvgIpc) is 3.01. The van der Waals surface area contributed by atoms with Crippen molar-refractivity contribution in [3.05, 3.63) is 0 Å². The van der Waals surface area contributed by atoms with E-state index in [1.165, 1.54) is 205 Å². The molecule has 0 atom stereocenters. The molecule has 268 valence electrons. The number of unbranched alkanes of at least 4 members (excludes halogenated alkanes) is 30. The smallest absolute Gasteiger partial charge is 0.0594 e. The molecule has 0 aliphatic rings. The number of hydrogen-bond acceptors (Lipinski definition) is 0. The summed E-state index contributed by atoms with van der Waals surface area (Å²) >= 11 is 0. The molecule has 0 rings (SSSR count). The van der Waals surface area contributed by atoms with E-state index in [9.17, 15) is 0 Å². The SMILES string of the molecule is CCCCCCCCCCCCCCCCCC[P+](CCC)(CCC)CCCCCCCCCCCCCCCCCC.[I-]. The summed E-state index contributed by atoms with van der Waals surface area (Å²) in [5.74, 6) is 0. The van der Waals surface area contributed by atoms with Crippen molar-refractivity contribution < 1.29 is 24.0 Å². The van der Waals surface area contributed by atoms with Gasteiger partial charge in [0.2, 0.25) is 0 Å². The minimum Gasteiger partial charge on any atom is -1.00 e. The van der Waals surface area contributed by atoms with Gasteiger partial charge < -0.3 is 24.0 Å². The zero-order valence-corrected chi connectivity index (χ0v) is 34.7. The predicted octanol–water partition coefficient (Wildman–Crippen LogP) is 13.4. The van der Waals surface area contributed by atoms with E-state index in [1.54, 1.807) is 37.5 Å². The Morgan fingerprint density at radius 2 is 0.386 bits per heavy atom. The topological polar surface area (TPSA) is 0 Å². The fraction of sp³-hybridized carbons (Fsp3) is 1.00. The summed E-state index contributed by atoms with van der Waals surface area (Å²) in [4.78, 5) is 0. The van der Waals surface area contributed by atoms with Crippen LogP contribution in [-0.2, 0) is 0 Å². The predicted molar refractivity (Wildman–Crippen MR) is 206 cm³/mol. The summed E-state index contributed by atoms with van der Waals surface area (Å²) in [6, 6.07) is 0. The first kappa shape index (κ1) is 47.3. The fourth-order valence-corrected chi connectivity index (χ4v) is 12.6. The molecule has 0 aliphatic carbocycles. The van der Waals surface area contributed by atoms with Crippen LogP contribution in [0.15, 0.2) is 0 Å². The third-order valence-electron chi connectivity index (χ3n) is 10.4. The molecule has 0 amide bonds. The summed E-state index contributed by atoms with van der Waals surface area (Å²) in [7, 11) is -0.673. The lowest BCUT2D eigenvalue weighted by atomic mass is 10.0. The Labute approximate surface area is 300 Å². The van der Waals surface area contributed by atoms with Crippen LogP contribution in [0.3, 0.4) is 0 Å². The first-order chi connectivity index (χ1) is 21.2. The molecule has 0 aromatic heterocycles. The van der Waals surface area contributed by atoms with Crippen LogP contribution in [0, 0.1) is 0 Å². The van der Waals surface area contributed by atoms with E-state index in [0.717, 1.165) is 0 Å². The second-order valence-corrected chi connectivity index (χ2v) is 19.3. The summed E-state index contributed by atoms with van der Waals surface area (Å²) in [5.41, 5.74) is 0. The number of rotatable bonds is 38. The van der Waals surface area contributed by atoms with Gasteiger partial charge in [-0.1, -0.05) is 207 Å². The number of halogens is 1. The summed E-state index contributed by atoms with van der Waals surface area (Å²) in [6.07, 6.45) is 56.9. The maximum Gasteiger partial charge on any atom is 0.0594 e. The van der Waals surface area contributed by atoms with E-state index in [0.29, 0.717) is 0 Å². The molecule has 0 N–H and O–H groups in total. The second-order valence-electron chi connectivity index (χ2n) is 14.8. The summed E-state index contributed by atoms with van der Waals surface area (Å²) in [5, 5.41) is 0. The molecule has 0 radical (unpaired) electrons. The van der Waals surface area contributed by atoms with E-state index < -0.39 is 7.26 Å². The Morgan fingerprint density at radius 1 is 0.205 bits per heavy atom. The van der Waals surface area contributed by atoms with Crippen molar-refractivity contribution in [2.45, 2.75) is 246 Å². The molecular formula is C42H88IP. The minimum absolute atomic E-state index is 0. The van der Waals surface area contributed by atoms with E-state index in [1.807, 2.05) is 0 Å². The Morgan fingerprint density at radius 3 is 0.568 bits per heavy atom. The molecule has 0 spiro atoms. The van der Waals surface area contributed by atoms with Crippen LogP contribution in [0.25, 0.3) is 0 Å². The van der Waals surface area contributed by atoms with Crippen LogP contribution in [0.5, 0.6) is 0 Å². The van der Waals surface area contributed by atoms with Crippen LogP contribution in [0.4, 0.5) is 0 Å². The number of hydrogen-bond donors (Lipinski definition) is 0. The highest BCUT2D eigenvalue weighted by molar-refractivity contribution is 7.75. The largest absolute Gasteiger partial charge is 1.00 e. The minimum atomic E-state index is -0.673. The van der Waals surface area contributed by atoms with Gasteiger partial charge >= 0.3 is 0 Å². The van der Waals surface area contributed by atoms with Gasteiger partial charge in [0.25, 0.3) is 0 Å².